The normalized spacial score (nSPS) is 42.0. The van der Waals surface area contributed by atoms with Crippen LogP contribution < -0.4 is 0 Å². The highest BCUT2D eigenvalue weighted by Crippen LogP contribution is 2.68. The van der Waals surface area contributed by atoms with Gasteiger partial charge in [-0.2, -0.15) is 0 Å². The molecule has 0 bridgehead atoms. The van der Waals surface area contributed by atoms with Gasteiger partial charge < -0.3 is 9.47 Å². The maximum absolute atomic E-state index is 6.14. The summed E-state index contributed by atoms with van der Waals surface area (Å²) in [5.74, 6) is 2.04. The van der Waals surface area contributed by atoms with Gasteiger partial charge in [-0.15, -0.1) is 0 Å². The number of fused-ring (bicyclic) bond motifs is 5. The van der Waals surface area contributed by atoms with E-state index in [1.54, 1.807) is 16.7 Å². The molecule has 0 unspecified atom stereocenters. The minimum atomic E-state index is -0.311. The van der Waals surface area contributed by atoms with Crippen molar-refractivity contribution in [1.29, 1.82) is 0 Å². The Morgan fingerprint density at radius 3 is 2.63 bits per heavy atom. The molecule has 1 saturated heterocycles. The summed E-state index contributed by atoms with van der Waals surface area (Å²) in [4.78, 5) is 4.42. The van der Waals surface area contributed by atoms with Crippen molar-refractivity contribution in [2.75, 3.05) is 13.2 Å². The maximum Gasteiger partial charge on any atom is 0.172 e. The average Bonchev–Trinajstić information content (AvgIpc) is 3.35. The zero-order valence-electron chi connectivity index (χ0n) is 18.7. The predicted octanol–water partition coefficient (Wildman–Crippen LogP) is 6.17. The molecule has 4 aliphatic carbocycles. The molecule has 1 aromatic rings. The molecule has 6 rings (SSSR count). The van der Waals surface area contributed by atoms with Crippen molar-refractivity contribution < 1.29 is 9.47 Å². The molecule has 0 radical (unpaired) electrons. The quantitative estimate of drug-likeness (QED) is 0.524. The standard InChI is InChI=1S/C27H35NO2/c1-18-15-20-22-7-6-21(19-5-4-12-28-17-19)25(22,2)9-8-23(20)26(3)10-11-27(16-24(18)26)29-13-14-30-27/h4-6,12,17,20,22-23H,7-11,13-16H2,1-3H3/t20-,22-,23-,25+,26+/m0/s1. The van der Waals surface area contributed by atoms with E-state index >= 15 is 0 Å². The highest BCUT2D eigenvalue weighted by atomic mass is 16.7. The van der Waals surface area contributed by atoms with Crippen LogP contribution in [0.5, 0.6) is 0 Å². The lowest BCUT2D eigenvalue weighted by molar-refractivity contribution is -0.185. The van der Waals surface area contributed by atoms with Gasteiger partial charge in [-0.05, 0) is 84.8 Å². The fraction of sp³-hybridized carbons (Fsp3) is 0.667. The predicted molar refractivity (Wildman–Crippen MR) is 119 cm³/mol. The zero-order chi connectivity index (χ0) is 20.6. The number of hydrogen-bond acceptors (Lipinski definition) is 3. The van der Waals surface area contributed by atoms with E-state index in [0.29, 0.717) is 10.8 Å². The second-order valence-corrected chi connectivity index (χ2v) is 11.1. The summed E-state index contributed by atoms with van der Waals surface area (Å²) >= 11 is 0. The highest BCUT2D eigenvalue weighted by Gasteiger charge is 2.59. The van der Waals surface area contributed by atoms with E-state index in [0.717, 1.165) is 43.8 Å². The zero-order valence-corrected chi connectivity index (χ0v) is 18.7. The maximum atomic E-state index is 6.14. The molecule has 3 fully saturated rings. The molecule has 160 valence electrons. The van der Waals surface area contributed by atoms with Crippen molar-refractivity contribution in [3.05, 3.63) is 47.3 Å². The molecular weight excluding hydrogens is 370 g/mol. The number of allylic oxidation sites excluding steroid dienone is 3. The second kappa shape index (κ2) is 6.53. The van der Waals surface area contributed by atoms with Crippen molar-refractivity contribution >= 4 is 5.57 Å². The second-order valence-electron chi connectivity index (χ2n) is 11.1. The molecule has 0 N–H and O–H groups in total. The van der Waals surface area contributed by atoms with Gasteiger partial charge in [0.2, 0.25) is 0 Å². The Bertz CT molecular complexity index is 912. The van der Waals surface area contributed by atoms with Crippen LogP contribution in [0.1, 0.15) is 71.3 Å². The Balaban J connectivity index is 1.34. The van der Waals surface area contributed by atoms with Gasteiger partial charge >= 0.3 is 0 Å². The van der Waals surface area contributed by atoms with Crippen molar-refractivity contribution in [3.8, 4) is 0 Å². The fourth-order valence-corrected chi connectivity index (χ4v) is 8.33. The van der Waals surface area contributed by atoms with Crippen LogP contribution >= 0.6 is 0 Å². The Morgan fingerprint density at radius 1 is 1.03 bits per heavy atom. The van der Waals surface area contributed by atoms with Crippen LogP contribution in [0.4, 0.5) is 0 Å². The van der Waals surface area contributed by atoms with Crippen LogP contribution in [0.3, 0.4) is 0 Å². The van der Waals surface area contributed by atoms with Crippen LogP contribution in [0, 0.1) is 28.6 Å². The first kappa shape index (κ1) is 19.3. The van der Waals surface area contributed by atoms with Crippen molar-refractivity contribution in [1.82, 2.24) is 4.98 Å². The Morgan fingerprint density at radius 2 is 1.87 bits per heavy atom. The molecule has 1 aromatic heterocycles. The molecule has 0 aromatic carbocycles. The third-order valence-electron chi connectivity index (χ3n) is 9.84. The van der Waals surface area contributed by atoms with E-state index in [-0.39, 0.29) is 5.79 Å². The number of ether oxygens (including phenoxy) is 2. The number of rotatable bonds is 1. The highest BCUT2D eigenvalue weighted by molar-refractivity contribution is 5.72. The molecule has 30 heavy (non-hydrogen) atoms. The van der Waals surface area contributed by atoms with E-state index in [1.165, 1.54) is 37.7 Å². The third-order valence-corrected chi connectivity index (χ3v) is 9.84. The van der Waals surface area contributed by atoms with Gasteiger partial charge in [0.25, 0.3) is 0 Å². The van der Waals surface area contributed by atoms with Crippen molar-refractivity contribution in [2.24, 2.45) is 28.6 Å². The Hall–Kier alpha value is -1.45. The largest absolute Gasteiger partial charge is 0.347 e. The molecule has 1 spiro atoms. The molecule has 5 aliphatic rings. The van der Waals surface area contributed by atoms with Gasteiger partial charge in [-0.25, -0.2) is 0 Å². The SMILES string of the molecule is CC1=C2CC3(CC[C@]2(C)[C@H]2CC[C@]4(C)C(c5cccnc5)=CC[C@H]4[C@@H]2C1)OCCO3. The molecule has 2 heterocycles. The summed E-state index contributed by atoms with van der Waals surface area (Å²) in [5.41, 5.74) is 6.84. The van der Waals surface area contributed by atoms with Gasteiger partial charge in [0, 0.05) is 25.2 Å². The van der Waals surface area contributed by atoms with Crippen LogP contribution in [-0.2, 0) is 9.47 Å². The topological polar surface area (TPSA) is 31.4 Å². The minimum Gasteiger partial charge on any atom is -0.347 e. The third kappa shape index (κ3) is 2.54. The van der Waals surface area contributed by atoms with Gasteiger partial charge in [0.1, 0.15) is 0 Å². The lowest BCUT2D eigenvalue weighted by atomic mass is 9.46. The average molecular weight is 406 g/mol. The van der Waals surface area contributed by atoms with Gasteiger partial charge in [-0.1, -0.05) is 37.1 Å². The number of nitrogens with zero attached hydrogens (tertiary/aromatic N) is 1. The summed E-state index contributed by atoms with van der Waals surface area (Å²) < 4.78 is 12.3. The fourth-order valence-electron chi connectivity index (χ4n) is 8.33. The number of hydrogen-bond donors (Lipinski definition) is 0. The first-order chi connectivity index (χ1) is 14.5. The van der Waals surface area contributed by atoms with Crippen LogP contribution in [-0.4, -0.2) is 24.0 Å². The summed E-state index contributed by atoms with van der Waals surface area (Å²) in [6, 6.07) is 4.34. The molecule has 1 aliphatic heterocycles. The number of aromatic nitrogens is 1. The van der Waals surface area contributed by atoms with Crippen LogP contribution in [0.15, 0.2) is 41.7 Å². The molecule has 5 atom stereocenters. The van der Waals surface area contributed by atoms with E-state index in [9.17, 15) is 0 Å². The van der Waals surface area contributed by atoms with Crippen molar-refractivity contribution in [2.45, 2.75) is 71.5 Å². The lowest BCUT2D eigenvalue weighted by Gasteiger charge is -2.59. The van der Waals surface area contributed by atoms with Gasteiger partial charge in [0.05, 0.1) is 13.2 Å². The molecule has 0 amide bonds. The van der Waals surface area contributed by atoms with E-state index < -0.39 is 0 Å². The van der Waals surface area contributed by atoms with E-state index in [2.05, 4.69) is 50.2 Å². The van der Waals surface area contributed by atoms with Gasteiger partial charge in [-0.3, -0.25) is 4.98 Å². The monoisotopic (exact) mass is 405 g/mol. The molecule has 3 nitrogen and oxygen atoms in total. The first-order valence-corrected chi connectivity index (χ1v) is 12.0. The van der Waals surface area contributed by atoms with Crippen molar-refractivity contribution in [3.63, 3.8) is 0 Å². The minimum absolute atomic E-state index is 0.298. The summed E-state index contributed by atoms with van der Waals surface area (Å²) in [6.45, 7) is 9.06. The Kier molecular flexibility index (Phi) is 4.19. The smallest absolute Gasteiger partial charge is 0.172 e. The Labute approximate surface area is 180 Å². The lowest BCUT2D eigenvalue weighted by Crippen LogP contribution is -2.52. The van der Waals surface area contributed by atoms with Crippen LogP contribution in [0.25, 0.3) is 5.57 Å². The number of pyridine rings is 1. The van der Waals surface area contributed by atoms with Gasteiger partial charge in [0.15, 0.2) is 5.79 Å². The molecule has 2 saturated carbocycles. The molecule has 3 heteroatoms. The van der Waals surface area contributed by atoms with E-state index in [1.807, 2.05) is 6.20 Å². The summed E-state index contributed by atoms with van der Waals surface area (Å²) in [6.07, 6.45) is 14.9. The summed E-state index contributed by atoms with van der Waals surface area (Å²) in [5, 5.41) is 0. The van der Waals surface area contributed by atoms with Crippen LogP contribution in [0.2, 0.25) is 0 Å². The first-order valence-electron chi connectivity index (χ1n) is 12.0. The molecular formula is C27H35NO2. The summed E-state index contributed by atoms with van der Waals surface area (Å²) in [7, 11) is 0. The van der Waals surface area contributed by atoms with E-state index in [4.69, 9.17) is 9.47 Å².